The van der Waals surface area contributed by atoms with Gasteiger partial charge in [0.2, 0.25) is 11.8 Å². The number of hydrogen-bond donors (Lipinski definition) is 2. The molecule has 2 aliphatic heterocycles. The summed E-state index contributed by atoms with van der Waals surface area (Å²) in [5.74, 6) is -0.728. The molecular formula is C21H28N4O3. The first-order chi connectivity index (χ1) is 13.4. The second-order valence-corrected chi connectivity index (χ2v) is 8.33. The predicted octanol–water partition coefficient (Wildman–Crippen LogP) is 1.15. The van der Waals surface area contributed by atoms with Crippen LogP contribution in [-0.4, -0.2) is 52.7 Å². The van der Waals surface area contributed by atoms with Crippen LogP contribution in [0.2, 0.25) is 0 Å². The lowest BCUT2D eigenvalue weighted by Crippen LogP contribution is -2.52. The van der Waals surface area contributed by atoms with Gasteiger partial charge in [0, 0.05) is 37.2 Å². The SMILES string of the molecule is CN(Cc1cccc2c1C(=O)N(C1CCC(=O)NC1=O)C2)C1CCC(N)CC1. The predicted molar refractivity (Wildman–Crippen MR) is 104 cm³/mol. The Morgan fingerprint density at radius 2 is 1.89 bits per heavy atom. The van der Waals surface area contributed by atoms with E-state index in [-0.39, 0.29) is 24.1 Å². The fraction of sp³-hybridized carbons (Fsp3) is 0.571. The molecule has 3 aliphatic rings. The minimum absolute atomic E-state index is 0.0980. The van der Waals surface area contributed by atoms with Crippen molar-refractivity contribution >= 4 is 17.7 Å². The van der Waals surface area contributed by atoms with Gasteiger partial charge in [0.25, 0.3) is 5.91 Å². The lowest BCUT2D eigenvalue weighted by Gasteiger charge is -2.33. The molecule has 0 spiro atoms. The Balaban J connectivity index is 1.50. The molecule has 1 saturated heterocycles. The molecule has 1 unspecified atom stereocenters. The molecule has 2 heterocycles. The highest BCUT2D eigenvalue weighted by atomic mass is 16.2. The first kappa shape index (κ1) is 19.1. The molecule has 3 N–H and O–H groups in total. The molecule has 0 bridgehead atoms. The number of rotatable bonds is 4. The summed E-state index contributed by atoms with van der Waals surface area (Å²) < 4.78 is 0. The van der Waals surface area contributed by atoms with E-state index in [2.05, 4.69) is 17.3 Å². The molecule has 3 amide bonds. The Labute approximate surface area is 165 Å². The maximum atomic E-state index is 13.2. The van der Waals surface area contributed by atoms with E-state index < -0.39 is 6.04 Å². The number of nitrogens with zero attached hydrogens (tertiary/aromatic N) is 2. The van der Waals surface area contributed by atoms with Crippen LogP contribution in [0.25, 0.3) is 0 Å². The number of piperidine rings is 1. The summed E-state index contributed by atoms with van der Waals surface area (Å²) >= 11 is 0. The molecule has 1 aliphatic carbocycles. The Kier molecular flexibility index (Phi) is 5.21. The largest absolute Gasteiger partial charge is 0.328 e. The van der Waals surface area contributed by atoms with Crippen LogP contribution in [0.1, 0.15) is 60.0 Å². The molecule has 7 nitrogen and oxygen atoms in total. The van der Waals surface area contributed by atoms with Crippen molar-refractivity contribution in [1.82, 2.24) is 15.1 Å². The number of nitrogens with one attached hydrogen (secondary N) is 1. The number of carbonyl (C=O) groups excluding carboxylic acids is 3. The fourth-order valence-electron chi connectivity index (χ4n) is 4.76. The number of nitrogens with two attached hydrogens (primary N) is 1. The summed E-state index contributed by atoms with van der Waals surface area (Å²) in [6.07, 6.45) is 4.93. The van der Waals surface area contributed by atoms with Crippen LogP contribution in [0, 0.1) is 0 Å². The van der Waals surface area contributed by atoms with E-state index in [1.54, 1.807) is 4.90 Å². The van der Waals surface area contributed by atoms with E-state index in [9.17, 15) is 14.4 Å². The Morgan fingerprint density at radius 3 is 2.61 bits per heavy atom. The van der Waals surface area contributed by atoms with Crippen LogP contribution in [0.3, 0.4) is 0 Å². The Morgan fingerprint density at radius 1 is 1.14 bits per heavy atom. The molecular weight excluding hydrogens is 356 g/mol. The summed E-state index contributed by atoms with van der Waals surface area (Å²) in [7, 11) is 2.11. The molecule has 1 aromatic carbocycles. The van der Waals surface area contributed by atoms with Crippen molar-refractivity contribution in [2.75, 3.05) is 7.05 Å². The van der Waals surface area contributed by atoms with Crippen LogP contribution in [0.15, 0.2) is 18.2 Å². The van der Waals surface area contributed by atoms with Gasteiger partial charge < -0.3 is 10.6 Å². The van der Waals surface area contributed by atoms with E-state index in [4.69, 9.17) is 5.73 Å². The van der Waals surface area contributed by atoms with Crippen molar-refractivity contribution in [3.63, 3.8) is 0 Å². The maximum absolute atomic E-state index is 13.2. The smallest absolute Gasteiger partial charge is 0.255 e. The number of carbonyl (C=O) groups is 3. The third kappa shape index (κ3) is 3.56. The van der Waals surface area contributed by atoms with Crippen molar-refractivity contribution in [3.8, 4) is 0 Å². The minimum atomic E-state index is -0.567. The van der Waals surface area contributed by atoms with Crippen molar-refractivity contribution in [3.05, 3.63) is 34.9 Å². The molecule has 4 rings (SSSR count). The van der Waals surface area contributed by atoms with Crippen molar-refractivity contribution < 1.29 is 14.4 Å². The molecule has 150 valence electrons. The Hall–Kier alpha value is -2.25. The van der Waals surface area contributed by atoms with Crippen LogP contribution in [-0.2, 0) is 22.7 Å². The highest BCUT2D eigenvalue weighted by Gasteiger charge is 2.40. The zero-order valence-electron chi connectivity index (χ0n) is 16.3. The van der Waals surface area contributed by atoms with Gasteiger partial charge in [0.15, 0.2) is 0 Å². The monoisotopic (exact) mass is 384 g/mol. The summed E-state index contributed by atoms with van der Waals surface area (Å²) in [5, 5.41) is 2.36. The van der Waals surface area contributed by atoms with E-state index in [1.807, 2.05) is 18.2 Å². The van der Waals surface area contributed by atoms with E-state index in [0.29, 0.717) is 31.6 Å². The first-order valence-electron chi connectivity index (χ1n) is 10.1. The number of imide groups is 1. The quantitative estimate of drug-likeness (QED) is 0.759. The molecule has 1 aromatic rings. The highest BCUT2D eigenvalue weighted by molar-refractivity contribution is 6.05. The lowest BCUT2D eigenvalue weighted by atomic mass is 9.90. The number of amides is 3. The van der Waals surface area contributed by atoms with Crippen LogP contribution < -0.4 is 11.1 Å². The van der Waals surface area contributed by atoms with E-state index in [1.165, 1.54) is 0 Å². The van der Waals surface area contributed by atoms with Gasteiger partial charge in [-0.3, -0.25) is 24.6 Å². The fourth-order valence-corrected chi connectivity index (χ4v) is 4.76. The van der Waals surface area contributed by atoms with Crippen LogP contribution in [0.4, 0.5) is 0 Å². The van der Waals surface area contributed by atoms with Gasteiger partial charge >= 0.3 is 0 Å². The van der Waals surface area contributed by atoms with Gasteiger partial charge in [0.05, 0.1) is 0 Å². The molecule has 2 fully saturated rings. The van der Waals surface area contributed by atoms with E-state index >= 15 is 0 Å². The average molecular weight is 384 g/mol. The number of fused-ring (bicyclic) bond motifs is 1. The molecule has 28 heavy (non-hydrogen) atoms. The molecule has 0 radical (unpaired) electrons. The van der Waals surface area contributed by atoms with Crippen molar-refractivity contribution in [2.45, 2.75) is 69.7 Å². The highest BCUT2D eigenvalue weighted by Crippen LogP contribution is 2.31. The summed E-state index contributed by atoms with van der Waals surface area (Å²) in [5.41, 5.74) is 8.73. The zero-order chi connectivity index (χ0) is 19.8. The normalized spacial score (nSPS) is 27.9. The minimum Gasteiger partial charge on any atom is -0.328 e. The van der Waals surface area contributed by atoms with E-state index in [0.717, 1.165) is 42.4 Å². The van der Waals surface area contributed by atoms with Gasteiger partial charge in [-0.15, -0.1) is 0 Å². The summed E-state index contributed by atoms with van der Waals surface area (Å²) in [6.45, 7) is 1.13. The first-order valence-corrected chi connectivity index (χ1v) is 10.1. The molecule has 1 saturated carbocycles. The van der Waals surface area contributed by atoms with Crippen molar-refractivity contribution in [2.24, 2.45) is 5.73 Å². The van der Waals surface area contributed by atoms with Gasteiger partial charge in [-0.25, -0.2) is 0 Å². The zero-order valence-corrected chi connectivity index (χ0v) is 16.3. The third-order valence-corrected chi connectivity index (χ3v) is 6.42. The van der Waals surface area contributed by atoms with Gasteiger partial charge in [-0.05, 0) is 50.3 Å². The molecule has 0 aromatic heterocycles. The summed E-state index contributed by atoms with van der Waals surface area (Å²) in [4.78, 5) is 40.8. The summed E-state index contributed by atoms with van der Waals surface area (Å²) in [6, 6.07) is 6.19. The Bertz CT molecular complexity index is 801. The second-order valence-electron chi connectivity index (χ2n) is 8.33. The third-order valence-electron chi connectivity index (χ3n) is 6.42. The van der Waals surface area contributed by atoms with Gasteiger partial charge in [-0.2, -0.15) is 0 Å². The van der Waals surface area contributed by atoms with Crippen molar-refractivity contribution in [1.29, 1.82) is 0 Å². The molecule has 1 atom stereocenters. The standard InChI is InChI=1S/C21H28N4O3/c1-24(16-7-5-15(22)6-8-16)11-13-3-2-4-14-12-25(21(28)19(13)14)17-9-10-18(26)23-20(17)27/h2-4,15-17H,5-12,22H2,1H3,(H,23,26,27). The lowest BCUT2D eigenvalue weighted by molar-refractivity contribution is -0.136. The van der Waals surface area contributed by atoms with Crippen LogP contribution in [0.5, 0.6) is 0 Å². The number of benzene rings is 1. The van der Waals surface area contributed by atoms with Crippen LogP contribution >= 0.6 is 0 Å². The topological polar surface area (TPSA) is 95.7 Å². The second kappa shape index (κ2) is 7.64. The molecule has 7 heteroatoms. The maximum Gasteiger partial charge on any atom is 0.255 e. The van der Waals surface area contributed by atoms with Gasteiger partial charge in [0.1, 0.15) is 6.04 Å². The van der Waals surface area contributed by atoms with Gasteiger partial charge in [-0.1, -0.05) is 18.2 Å². The number of hydrogen-bond acceptors (Lipinski definition) is 5. The average Bonchev–Trinajstić information content (AvgIpc) is 3.00.